The smallest absolute Gasteiger partial charge is 0.268 e. The number of likely N-dealkylation sites (N-methyl/N-ethyl adjacent to an activating group) is 1. The molecule has 0 aromatic heterocycles. The molecular formula is C53H91N2O6P. The van der Waals surface area contributed by atoms with Gasteiger partial charge in [-0.25, -0.2) is 0 Å². The number of nitrogens with zero attached hydrogens (tertiary/aromatic N) is 1. The molecule has 3 unspecified atom stereocenters. The van der Waals surface area contributed by atoms with E-state index in [2.05, 4.69) is 116 Å². The number of unbranched alkanes of at least 4 members (excludes halogenated alkanes) is 13. The zero-order valence-corrected chi connectivity index (χ0v) is 40.9. The van der Waals surface area contributed by atoms with Crippen LogP contribution in [0.2, 0.25) is 0 Å². The van der Waals surface area contributed by atoms with Crippen molar-refractivity contribution >= 4 is 13.7 Å². The van der Waals surface area contributed by atoms with E-state index in [1.165, 1.54) is 44.9 Å². The van der Waals surface area contributed by atoms with E-state index in [4.69, 9.17) is 9.05 Å². The Balaban J connectivity index is 3.97. The molecule has 0 heterocycles. The molecular weight excluding hydrogens is 792 g/mol. The average molecular weight is 883 g/mol. The highest BCUT2D eigenvalue weighted by atomic mass is 31.2. The molecule has 8 nitrogen and oxygen atoms in total. The number of hydrogen-bond donors (Lipinski definition) is 2. The van der Waals surface area contributed by atoms with E-state index in [-0.39, 0.29) is 12.5 Å². The number of amides is 1. The maximum Gasteiger partial charge on any atom is 0.268 e. The van der Waals surface area contributed by atoms with Gasteiger partial charge in [0.15, 0.2) is 0 Å². The maximum atomic E-state index is 12.8. The van der Waals surface area contributed by atoms with Crippen LogP contribution < -0.4 is 10.2 Å². The van der Waals surface area contributed by atoms with Crippen LogP contribution in [0.4, 0.5) is 0 Å². The lowest BCUT2D eigenvalue weighted by atomic mass is 10.0. The van der Waals surface area contributed by atoms with Crippen LogP contribution in [-0.4, -0.2) is 68.5 Å². The number of quaternary nitrogens is 1. The van der Waals surface area contributed by atoms with Gasteiger partial charge in [-0.2, -0.15) is 0 Å². The molecule has 0 aromatic rings. The third kappa shape index (κ3) is 45.2. The van der Waals surface area contributed by atoms with Crippen LogP contribution in [0.5, 0.6) is 0 Å². The summed E-state index contributed by atoms with van der Waals surface area (Å²) in [5.41, 5.74) is 0. The van der Waals surface area contributed by atoms with Gasteiger partial charge in [0.2, 0.25) is 5.91 Å². The van der Waals surface area contributed by atoms with Crippen molar-refractivity contribution in [1.29, 1.82) is 0 Å². The average Bonchev–Trinajstić information content (AvgIpc) is 3.23. The van der Waals surface area contributed by atoms with Crippen LogP contribution in [0.15, 0.2) is 109 Å². The Kier molecular flexibility index (Phi) is 41.4. The van der Waals surface area contributed by atoms with E-state index in [0.29, 0.717) is 17.4 Å². The van der Waals surface area contributed by atoms with Crippen molar-refractivity contribution in [3.8, 4) is 0 Å². The normalized spacial score (nSPS) is 15.1. The predicted molar refractivity (Wildman–Crippen MR) is 265 cm³/mol. The number of carbonyl (C=O) groups excluding carboxylic acids is 1. The Labute approximate surface area is 381 Å². The third-order valence-corrected chi connectivity index (χ3v) is 11.0. The predicted octanol–water partition coefficient (Wildman–Crippen LogP) is 13.4. The van der Waals surface area contributed by atoms with Gasteiger partial charge in [0.1, 0.15) is 13.2 Å². The van der Waals surface area contributed by atoms with Crippen LogP contribution in [-0.2, 0) is 18.4 Å². The molecule has 0 spiro atoms. The highest BCUT2D eigenvalue weighted by Gasteiger charge is 2.23. The Morgan fingerprint density at radius 3 is 1.44 bits per heavy atom. The van der Waals surface area contributed by atoms with Crippen molar-refractivity contribution in [1.82, 2.24) is 5.32 Å². The number of phosphoric ester groups is 1. The summed E-state index contributed by atoms with van der Waals surface area (Å²) < 4.78 is 23.0. The molecule has 0 fully saturated rings. The number of nitrogens with one attached hydrogen (secondary N) is 1. The van der Waals surface area contributed by atoms with Crippen LogP contribution >= 0.6 is 7.82 Å². The van der Waals surface area contributed by atoms with Crippen molar-refractivity contribution in [3.05, 3.63) is 109 Å². The van der Waals surface area contributed by atoms with Crippen LogP contribution in [0.3, 0.4) is 0 Å². The molecule has 0 aliphatic heterocycles. The summed E-state index contributed by atoms with van der Waals surface area (Å²) in [4.78, 5) is 25.1. The number of hydrogen-bond acceptors (Lipinski definition) is 6. The van der Waals surface area contributed by atoms with Gasteiger partial charge in [-0.15, -0.1) is 0 Å². The second kappa shape index (κ2) is 43.4. The number of aliphatic hydroxyl groups excluding tert-OH is 1. The Hall–Kier alpha value is -2.84. The molecule has 0 aliphatic rings. The summed E-state index contributed by atoms with van der Waals surface area (Å²) in [6.07, 6.45) is 63.5. The van der Waals surface area contributed by atoms with Crippen molar-refractivity contribution in [3.63, 3.8) is 0 Å². The fourth-order valence-electron chi connectivity index (χ4n) is 6.17. The van der Waals surface area contributed by atoms with Gasteiger partial charge in [0.05, 0.1) is 39.9 Å². The van der Waals surface area contributed by atoms with Gasteiger partial charge in [-0.1, -0.05) is 187 Å². The fraction of sp³-hybridized carbons (Fsp3) is 0.642. The second-order valence-electron chi connectivity index (χ2n) is 17.1. The van der Waals surface area contributed by atoms with E-state index in [9.17, 15) is 19.4 Å². The minimum absolute atomic E-state index is 0.00814. The molecule has 0 bridgehead atoms. The van der Waals surface area contributed by atoms with Crippen LogP contribution in [0.1, 0.15) is 168 Å². The number of carbonyl (C=O) groups is 1. The number of aliphatic hydroxyl groups is 1. The molecule has 0 saturated carbocycles. The second-order valence-corrected chi connectivity index (χ2v) is 18.5. The molecule has 0 saturated heterocycles. The first kappa shape index (κ1) is 59.2. The molecule has 0 radical (unpaired) electrons. The molecule has 354 valence electrons. The minimum Gasteiger partial charge on any atom is -0.756 e. The highest BCUT2D eigenvalue weighted by molar-refractivity contribution is 7.45. The molecule has 3 atom stereocenters. The van der Waals surface area contributed by atoms with E-state index in [1.54, 1.807) is 6.08 Å². The Morgan fingerprint density at radius 2 is 0.984 bits per heavy atom. The first-order valence-corrected chi connectivity index (χ1v) is 25.7. The summed E-state index contributed by atoms with van der Waals surface area (Å²) in [5, 5.41) is 13.6. The third-order valence-electron chi connectivity index (χ3n) is 9.99. The Bertz CT molecular complexity index is 1370. The summed E-state index contributed by atoms with van der Waals surface area (Å²) >= 11 is 0. The fourth-order valence-corrected chi connectivity index (χ4v) is 6.89. The van der Waals surface area contributed by atoms with Gasteiger partial charge < -0.3 is 28.8 Å². The minimum atomic E-state index is -4.58. The first-order valence-electron chi connectivity index (χ1n) is 24.2. The quantitative estimate of drug-likeness (QED) is 0.0274. The molecule has 0 aliphatic carbocycles. The zero-order valence-electron chi connectivity index (χ0n) is 40.0. The lowest BCUT2D eigenvalue weighted by Gasteiger charge is -2.29. The summed E-state index contributed by atoms with van der Waals surface area (Å²) in [5.74, 6) is -0.216. The SMILES string of the molecule is CC/C=C\C/C=C\C/C=C\C/C=C\C/C=C\C/C=C\C/C=C\C/C=C\CCCCCCCCCCCCC(=O)NC(COP(=O)([O-])OCC[N+](C)(C)C)C(O)/C=C/CCCCC. The highest BCUT2D eigenvalue weighted by Crippen LogP contribution is 2.38. The largest absolute Gasteiger partial charge is 0.756 e. The number of allylic oxidation sites excluding steroid dienone is 17. The Morgan fingerprint density at radius 1 is 0.581 bits per heavy atom. The van der Waals surface area contributed by atoms with Crippen molar-refractivity contribution in [2.24, 2.45) is 0 Å². The molecule has 62 heavy (non-hydrogen) atoms. The topological polar surface area (TPSA) is 108 Å². The number of phosphoric acid groups is 1. The van der Waals surface area contributed by atoms with Gasteiger partial charge in [0, 0.05) is 6.42 Å². The van der Waals surface area contributed by atoms with Gasteiger partial charge >= 0.3 is 0 Å². The van der Waals surface area contributed by atoms with Gasteiger partial charge in [0.25, 0.3) is 7.82 Å². The molecule has 1 amide bonds. The monoisotopic (exact) mass is 883 g/mol. The van der Waals surface area contributed by atoms with Crippen LogP contribution in [0, 0.1) is 0 Å². The van der Waals surface area contributed by atoms with Crippen LogP contribution in [0.25, 0.3) is 0 Å². The van der Waals surface area contributed by atoms with Crippen molar-refractivity contribution in [2.75, 3.05) is 40.9 Å². The standard InChI is InChI=1S/C53H91N2O6P/c1-6-8-10-12-13-14-15-16-17-18-19-20-21-22-23-24-25-26-27-28-29-30-31-32-33-34-35-36-37-38-39-40-41-43-45-47-53(57)54-51(52(56)46-44-42-11-9-7-2)50-61-62(58,59)60-49-48-55(3,4)5/h8,10,13-14,16-17,19-20,22-23,25-26,28-29,31-32,44,46,51-52,56H,6-7,9,11-12,15,18,21,24,27,30,33-43,45,47-50H2,1-5H3,(H-,54,57,58,59)/b10-8-,14-13-,17-16-,20-19-,23-22-,26-25-,29-28-,32-31-,46-44+. The zero-order chi connectivity index (χ0) is 45.7. The summed E-state index contributed by atoms with van der Waals surface area (Å²) in [6.45, 7) is 4.38. The van der Waals surface area contributed by atoms with Gasteiger partial charge in [-0.05, 0) is 83.5 Å². The van der Waals surface area contributed by atoms with E-state index < -0.39 is 26.6 Å². The molecule has 2 N–H and O–H groups in total. The maximum absolute atomic E-state index is 12.8. The van der Waals surface area contributed by atoms with Crippen molar-refractivity contribution in [2.45, 2.75) is 180 Å². The number of rotatable bonds is 42. The summed E-state index contributed by atoms with van der Waals surface area (Å²) in [7, 11) is 1.23. The van der Waals surface area contributed by atoms with E-state index in [0.717, 1.165) is 103 Å². The van der Waals surface area contributed by atoms with Crippen molar-refractivity contribution < 1.29 is 32.9 Å². The summed E-state index contributed by atoms with van der Waals surface area (Å²) in [6, 6.07) is -0.891. The lowest BCUT2D eigenvalue weighted by molar-refractivity contribution is -0.870. The molecule has 9 heteroatoms. The molecule has 0 rings (SSSR count). The van der Waals surface area contributed by atoms with E-state index >= 15 is 0 Å². The van der Waals surface area contributed by atoms with Gasteiger partial charge in [-0.3, -0.25) is 9.36 Å². The molecule has 0 aromatic carbocycles. The lowest BCUT2D eigenvalue weighted by Crippen LogP contribution is -2.45. The first-order chi connectivity index (χ1) is 30.0. The van der Waals surface area contributed by atoms with E-state index in [1.807, 2.05) is 27.2 Å².